The van der Waals surface area contributed by atoms with Gasteiger partial charge < -0.3 is 20.3 Å². The molecule has 7 heteroatoms. The second-order valence-corrected chi connectivity index (χ2v) is 5.72. The Balaban J connectivity index is 0.00000529. The first-order valence-electron chi connectivity index (χ1n) is 7.89. The number of rotatable bonds is 7. The predicted octanol–water partition coefficient (Wildman–Crippen LogP) is 2.24. The molecule has 1 amide bonds. The Bertz CT molecular complexity index is 533. The normalized spacial score (nSPS) is 10.8. The van der Waals surface area contributed by atoms with Crippen LogP contribution in [0.25, 0.3) is 0 Å². The van der Waals surface area contributed by atoms with Crippen LogP contribution in [0, 0.1) is 0 Å². The monoisotopic (exact) mass is 448 g/mol. The Kier molecular flexibility index (Phi) is 11.2. The lowest BCUT2D eigenvalue weighted by molar-refractivity contribution is -0.130. The summed E-state index contributed by atoms with van der Waals surface area (Å²) in [6.07, 6.45) is 0. The second kappa shape index (κ2) is 11.9. The zero-order chi connectivity index (χ0) is 17.2. The molecule has 1 rings (SSSR count). The zero-order valence-electron chi connectivity index (χ0n) is 15.1. The van der Waals surface area contributed by atoms with Crippen molar-refractivity contribution in [1.29, 1.82) is 0 Å². The molecule has 2 N–H and O–H groups in total. The van der Waals surface area contributed by atoms with Crippen LogP contribution in [-0.4, -0.2) is 50.1 Å². The number of nitrogens with zero attached hydrogens (tertiary/aromatic N) is 2. The number of aliphatic imine (C=N–C) groups is 1. The molecule has 24 heavy (non-hydrogen) atoms. The van der Waals surface area contributed by atoms with Gasteiger partial charge >= 0.3 is 0 Å². The van der Waals surface area contributed by atoms with Crippen LogP contribution in [0.3, 0.4) is 0 Å². The number of ether oxygens (including phenoxy) is 1. The van der Waals surface area contributed by atoms with Crippen LogP contribution in [0.1, 0.15) is 26.3 Å². The summed E-state index contributed by atoms with van der Waals surface area (Å²) in [4.78, 5) is 17.6. The third-order valence-electron chi connectivity index (χ3n) is 2.95. The Morgan fingerprint density at radius 1 is 1.33 bits per heavy atom. The number of guanidine groups is 1. The van der Waals surface area contributed by atoms with Crippen molar-refractivity contribution in [1.82, 2.24) is 15.5 Å². The van der Waals surface area contributed by atoms with Crippen molar-refractivity contribution in [2.24, 2.45) is 4.99 Å². The minimum atomic E-state index is -0.0658. The molecule has 0 bridgehead atoms. The van der Waals surface area contributed by atoms with E-state index in [1.54, 1.807) is 14.1 Å². The largest absolute Gasteiger partial charge is 0.484 e. The average molecular weight is 448 g/mol. The van der Waals surface area contributed by atoms with Crippen LogP contribution in [0.15, 0.2) is 29.3 Å². The van der Waals surface area contributed by atoms with Crippen molar-refractivity contribution < 1.29 is 9.53 Å². The molecular formula is C17H29IN4O2. The molecule has 0 atom stereocenters. The quantitative estimate of drug-likeness (QED) is 0.382. The minimum absolute atomic E-state index is 0. The molecule has 0 aliphatic rings. The molecule has 136 valence electrons. The number of hydrogen-bond acceptors (Lipinski definition) is 3. The van der Waals surface area contributed by atoms with Crippen molar-refractivity contribution in [3.05, 3.63) is 29.8 Å². The van der Waals surface area contributed by atoms with Gasteiger partial charge in [-0.05, 0) is 38.5 Å². The molecule has 1 aromatic rings. The molecule has 1 aromatic carbocycles. The summed E-state index contributed by atoms with van der Waals surface area (Å²) in [5, 5.41) is 6.48. The van der Waals surface area contributed by atoms with Crippen LogP contribution < -0.4 is 15.4 Å². The van der Waals surface area contributed by atoms with E-state index in [1.807, 2.05) is 31.2 Å². The summed E-state index contributed by atoms with van der Waals surface area (Å²) in [5.41, 5.74) is 1.03. The average Bonchev–Trinajstić information content (AvgIpc) is 2.50. The van der Waals surface area contributed by atoms with Crippen molar-refractivity contribution in [3.8, 4) is 5.75 Å². The van der Waals surface area contributed by atoms with Crippen LogP contribution in [0.2, 0.25) is 0 Å². The minimum Gasteiger partial charge on any atom is -0.484 e. The molecule has 0 fully saturated rings. The summed E-state index contributed by atoms with van der Waals surface area (Å²) in [7, 11) is 3.42. The zero-order valence-corrected chi connectivity index (χ0v) is 17.5. The van der Waals surface area contributed by atoms with E-state index >= 15 is 0 Å². The van der Waals surface area contributed by atoms with E-state index < -0.39 is 0 Å². The molecular weight excluding hydrogens is 419 g/mol. The maximum atomic E-state index is 11.6. The standard InChI is InChI=1S/C17H28N4O2.HI/c1-6-18-17(20-13(2)3)19-11-14-8-7-9-15(10-14)23-12-16(22)21(4)5;/h7-10,13H,6,11-12H2,1-5H3,(H2,18,19,20);1H. The molecule has 0 spiro atoms. The number of halogens is 1. The molecule has 0 saturated heterocycles. The highest BCUT2D eigenvalue weighted by atomic mass is 127. The van der Waals surface area contributed by atoms with Gasteiger partial charge in [0.2, 0.25) is 0 Å². The van der Waals surface area contributed by atoms with E-state index in [1.165, 1.54) is 4.90 Å². The summed E-state index contributed by atoms with van der Waals surface area (Å²) in [6, 6.07) is 7.96. The number of amides is 1. The number of carbonyl (C=O) groups excluding carboxylic acids is 1. The Morgan fingerprint density at radius 2 is 2.04 bits per heavy atom. The number of carbonyl (C=O) groups is 1. The first kappa shape index (κ1) is 22.5. The Labute approximate surface area is 162 Å². The highest BCUT2D eigenvalue weighted by Gasteiger charge is 2.05. The van der Waals surface area contributed by atoms with Gasteiger partial charge in [0.25, 0.3) is 5.91 Å². The first-order chi connectivity index (χ1) is 10.9. The highest BCUT2D eigenvalue weighted by Crippen LogP contribution is 2.14. The van der Waals surface area contributed by atoms with Crippen LogP contribution in [-0.2, 0) is 11.3 Å². The molecule has 0 aliphatic heterocycles. The smallest absolute Gasteiger partial charge is 0.259 e. The van der Waals surface area contributed by atoms with Gasteiger partial charge in [-0.1, -0.05) is 12.1 Å². The highest BCUT2D eigenvalue weighted by molar-refractivity contribution is 14.0. The molecule has 0 radical (unpaired) electrons. The lowest BCUT2D eigenvalue weighted by Gasteiger charge is -2.14. The summed E-state index contributed by atoms with van der Waals surface area (Å²) in [6.45, 7) is 7.58. The van der Waals surface area contributed by atoms with Gasteiger partial charge in [0.1, 0.15) is 5.75 Å². The fourth-order valence-electron chi connectivity index (χ4n) is 1.77. The van der Waals surface area contributed by atoms with Crippen LogP contribution in [0.5, 0.6) is 5.75 Å². The summed E-state index contributed by atoms with van der Waals surface area (Å²) < 4.78 is 5.52. The van der Waals surface area contributed by atoms with E-state index in [2.05, 4.69) is 29.5 Å². The fourth-order valence-corrected chi connectivity index (χ4v) is 1.77. The molecule has 0 aliphatic carbocycles. The summed E-state index contributed by atoms with van der Waals surface area (Å²) in [5.74, 6) is 1.40. The third kappa shape index (κ3) is 8.95. The van der Waals surface area contributed by atoms with E-state index in [0.717, 1.165) is 18.1 Å². The topological polar surface area (TPSA) is 66.0 Å². The van der Waals surface area contributed by atoms with Gasteiger partial charge in [-0.3, -0.25) is 4.79 Å². The van der Waals surface area contributed by atoms with Gasteiger partial charge in [-0.2, -0.15) is 0 Å². The lowest BCUT2D eigenvalue weighted by Crippen LogP contribution is -2.40. The van der Waals surface area contributed by atoms with Gasteiger partial charge in [0.15, 0.2) is 12.6 Å². The Morgan fingerprint density at radius 3 is 2.62 bits per heavy atom. The Hall–Kier alpha value is -1.51. The van der Waals surface area contributed by atoms with Crippen molar-refractivity contribution in [2.45, 2.75) is 33.4 Å². The van der Waals surface area contributed by atoms with Gasteiger partial charge in [-0.25, -0.2) is 4.99 Å². The van der Waals surface area contributed by atoms with Crippen molar-refractivity contribution in [2.75, 3.05) is 27.2 Å². The molecule has 0 unspecified atom stereocenters. The van der Waals surface area contributed by atoms with Crippen LogP contribution in [0.4, 0.5) is 0 Å². The summed E-state index contributed by atoms with van der Waals surface area (Å²) >= 11 is 0. The molecule has 6 nitrogen and oxygen atoms in total. The maximum Gasteiger partial charge on any atom is 0.259 e. The number of hydrogen-bond donors (Lipinski definition) is 2. The SMILES string of the molecule is CCNC(=NCc1cccc(OCC(=O)N(C)C)c1)NC(C)C.I. The first-order valence-corrected chi connectivity index (χ1v) is 7.89. The third-order valence-corrected chi connectivity index (χ3v) is 2.95. The molecule has 0 heterocycles. The molecule has 0 saturated carbocycles. The van der Waals surface area contributed by atoms with Crippen LogP contribution >= 0.6 is 24.0 Å². The predicted molar refractivity (Wildman–Crippen MR) is 109 cm³/mol. The van der Waals surface area contributed by atoms with E-state index in [-0.39, 0.29) is 36.5 Å². The fraction of sp³-hybridized carbons (Fsp3) is 0.529. The van der Waals surface area contributed by atoms with Crippen molar-refractivity contribution in [3.63, 3.8) is 0 Å². The number of nitrogens with one attached hydrogen (secondary N) is 2. The van der Waals surface area contributed by atoms with E-state index in [4.69, 9.17) is 4.74 Å². The van der Waals surface area contributed by atoms with E-state index in [0.29, 0.717) is 18.3 Å². The van der Waals surface area contributed by atoms with E-state index in [9.17, 15) is 4.79 Å². The van der Waals surface area contributed by atoms with Gasteiger partial charge in [-0.15, -0.1) is 24.0 Å². The van der Waals surface area contributed by atoms with Gasteiger partial charge in [0, 0.05) is 26.7 Å². The number of likely N-dealkylation sites (N-methyl/N-ethyl adjacent to an activating group) is 1. The molecule has 0 aromatic heterocycles. The maximum absolute atomic E-state index is 11.6. The second-order valence-electron chi connectivity index (χ2n) is 5.72. The lowest BCUT2D eigenvalue weighted by atomic mass is 10.2. The van der Waals surface area contributed by atoms with Crippen molar-refractivity contribution >= 4 is 35.8 Å². The number of benzene rings is 1. The van der Waals surface area contributed by atoms with Gasteiger partial charge in [0.05, 0.1) is 6.54 Å².